The van der Waals surface area contributed by atoms with Crippen LogP contribution >= 0.6 is 7.82 Å². The Balaban J connectivity index is 0. The minimum Gasteiger partial charge on any atom is -0.474 e. The van der Waals surface area contributed by atoms with E-state index in [0.29, 0.717) is 0 Å². The fourth-order valence-electron chi connectivity index (χ4n) is 0.0680. The van der Waals surface area contributed by atoms with Crippen LogP contribution in [0.4, 0.5) is 0 Å². The highest BCUT2D eigenvalue weighted by Gasteiger charge is 2.00. The Morgan fingerprint density at radius 1 is 1.20 bits per heavy atom. The summed E-state index contributed by atoms with van der Waals surface area (Å²) in [7, 11) is -4.64. The molecule has 0 heterocycles. The van der Waals surface area contributed by atoms with Crippen LogP contribution in [0.25, 0.3) is 0 Å². The molecule has 0 spiro atoms. The van der Waals surface area contributed by atoms with Gasteiger partial charge in [-0.2, -0.15) is 0 Å². The summed E-state index contributed by atoms with van der Waals surface area (Å²) in [5.74, 6) is 0. The second-order valence-electron chi connectivity index (χ2n) is 0.983. The quantitative estimate of drug-likeness (QED) is 0.409. The van der Waals surface area contributed by atoms with Crippen molar-refractivity contribution in [1.82, 2.24) is 0 Å². The van der Waals surface area contributed by atoms with Gasteiger partial charge in [-0.15, -0.1) is 0 Å². The first kappa shape index (κ1) is 12.1. The van der Waals surface area contributed by atoms with Gasteiger partial charge in [0.15, 0.2) is 0 Å². The van der Waals surface area contributed by atoms with Crippen LogP contribution in [0.3, 0.4) is 0 Å². The van der Waals surface area contributed by atoms with Gasteiger partial charge in [0, 0.05) is 0 Å². The molecule has 0 radical (unpaired) electrons. The van der Waals surface area contributed by atoms with E-state index in [2.05, 4.69) is 17.9 Å². The Morgan fingerprint density at radius 2 is 1.40 bits per heavy atom. The van der Waals surface area contributed by atoms with Gasteiger partial charge >= 0.3 is 7.82 Å². The molecule has 0 aliphatic rings. The van der Waals surface area contributed by atoms with E-state index >= 15 is 0 Å². The molecule has 0 aromatic rings. The van der Waals surface area contributed by atoms with E-state index in [1.165, 1.54) is 12.5 Å². The summed E-state index contributed by atoms with van der Waals surface area (Å²) in [6.07, 6.45) is 2.62. The molecular formula is C4H9O5P. The summed E-state index contributed by atoms with van der Waals surface area (Å²) < 4.78 is 13.2. The zero-order valence-electron chi connectivity index (χ0n) is 5.17. The molecule has 5 nitrogen and oxygen atoms in total. The average molecular weight is 168 g/mol. The standard InChI is InChI=1S/C4H6O.H3O4P/c1-3-5-4-2;1-5(2,3)4/h3-4H,1-2H2;(H3,1,2,3,4). The van der Waals surface area contributed by atoms with Crippen molar-refractivity contribution >= 4 is 7.82 Å². The molecule has 0 saturated heterocycles. The summed E-state index contributed by atoms with van der Waals surface area (Å²) >= 11 is 0. The Kier molecular flexibility index (Phi) is 7.88. The Bertz CT molecular complexity index is 122. The van der Waals surface area contributed by atoms with E-state index in [4.69, 9.17) is 19.2 Å². The lowest BCUT2D eigenvalue weighted by Crippen LogP contribution is -1.66. The average Bonchev–Trinajstić information content (AvgIpc) is 1.63. The van der Waals surface area contributed by atoms with Crippen LogP contribution in [0.1, 0.15) is 0 Å². The lowest BCUT2D eigenvalue weighted by molar-refractivity contribution is 0.275. The van der Waals surface area contributed by atoms with Gasteiger partial charge in [0.25, 0.3) is 0 Å². The predicted octanol–water partition coefficient (Wildman–Crippen LogP) is 0.361. The normalized spacial score (nSPS) is 8.70. The molecule has 0 aromatic heterocycles. The maximum absolute atomic E-state index is 8.88. The second kappa shape index (κ2) is 6.51. The zero-order chi connectivity index (χ0) is 8.62. The SMILES string of the molecule is C=COC=C.O=P(O)(O)O. The smallest absolute Gasteiger partial charge is 0.466 e. The number of rotatable bonds is 2. The maximum Gasteiger partial charge on any atom is 0.466 e. The molecular weight excluding hydrogens is 159 g/mol. The third kappa shape index (κ3) is 156. The Labute approximate surface area is 58.5 Å². The molecule has 0 aromatic carbocycles. The molecule has 0 amide bonds. The highest BCUT2D eigenvalue weighted by atomic mass is 31.2. The molecule has 0 bridgehead atoms. The predicted molar refractivity (Wildman–Crippen MR) is 35.7 cm³/mol. The van der Waals surface area contributed by atoms with E-state index in [-0.39, 0.29) is 0 Å². The van der Waals surface area contributed by atoms with Crippen LogP contribution in [-0.4, -0.2) is 14.7 Å². The van der Waals surface area contributed by atoms with Crippen LogP contribution in [0.15, 0.2) is 25.7 Å². The van der Waals surface area contributed by atoms with Gasteiger partial charge in [0.1, 0.15) is 0 Å². The van der Waals surface area contributed by atoms with E-state index < -0.39 is 7.82 Å². The van der Waals surface area contributed by atoms with Crippen LogP contribution in [-0.2, 0) is 9.30 Å². The topological polar surface area (TPSA) is 87.0 Å². The van der Waals surface area contributed by atoms with Gasteiger partial charge in [-0.1, -0.05) is 13.2 Å². The maximum atomic E-state index is 8.88. The van der Waals surface area contributed by atoms with Crippen LogP contribution in [0, 0.1) is 0 Å². The van der Waals surface area contributed by atoms with Gasteiger partial charge in [0.05, 0.1) is 12.5 Å². The monoisotopic (exact) mass is 168 g/mol. The van der Waals surface area contributed by atoms with Gasteiger partial charge < -0.3 is 19.4 Å². The van der Waals surface area contributed by atoms with Crippen molar-refractivity contribution in [1.29, 1.82) is 0 Å². The van der Waals surface area contributed by atoms with Gasteiger partial charge in [-0.3, -0.25) is 0 Å². The van der Waals surface area contributed by atoms with Crippen molar-refractivity contribution in [2.45, 2.75) is 0 Å². The molecule has 0 saturated carbocycles. The van der Waals surface area contributed by atoms with Crippen molar-refractivity contribution in [3.63, 3.8) is 0 Å². The minimum atomic E-state index is -4.64. The number of ether oxygens (including phenoxy) is 1. The van der Waals surface area contributed by atoms with E-state index in [9.17, 15) is 0 Å². The van der Waals surface area contributed by atoms with Crippen LogP contribution < -0.4 is 0 Å². The molecule has 10 heavy (non-hydrogen) atoms. The van der Waals surface area contributed by atoms with Crippen molar-refractivity contribution in [2.75, 3.05) is 0 Å². The summed E-state index contributed by atoms with van der Waals surface area (Å²) in [6, 6.07) is 0. The summed E-state index contributed by atoms with van der Waals surface area (Å²) in [4.78, 5) is 21.6. The molecule has 6 heteroatoms. The van der Waals surface area contributed by atoms with Crippen molar-refractivity contribution in [2.24, 2.45) is 0 Å². The lowest BCUT2D eigenvalue weighted by atomic mass is 11.1. The van der Waals surface area contributed by atoms with Crippen molar-refractivity contribution in [3.05, 3.63) is 25.7 Å². The first-order valence-corrected chi connectivity index (χ1v) is 3.64. The summed E-state index contributed by atoms with van der Waals surface area (Å²) in [5, 5.41) is 0. The molecule has 60 valence electrons. The van der Waals surface area contributed by atoms with Crippen LogP contribution in [0.2, 0.25) is 0 Å². The number of hydrogen-bond donors (Lipinski definition) is 3. The second-order valence-corrected chi connectivity index (χ2v) is 2.01. The molecule has 3 N–H and O–H groups in total. The third-order valence-electron chi connectivity index (χ3n) is 0.192. The molecule has 0 unspecified atom stereocenters. The molecule has 0 aliphatic heterocycles. The zero-order valence-corrected chi connectivity index (χ0v) is 6.07. The number of hydrogen-bond acceptors (Lipinski definition) is 2. The van der Waals surface area contributed by atoms with Crippen molar-refractivity contribution < 1.29 is 24.0 Å². The Hall–Kier alpha value is -0.610. The molecule has 0 atom stereocenters. The highest BCUT2D eigenvalue weighted by molar-refractivity contribution is 7.45. The minimum absolute atomic E-state index is 1.31. The van der Waals surface area contributed by atoms with Gasteiger partial charge in [-0.05, 0) is 0 Å². The number of phosphoric acid groups is 1. The van der Waals surface area contributed by atoms with Crippen LogP contribution in [0.5, 0.6) is 0 Å². The fraction of sp³-hybridized carbons (Fsp3) is 0. The first-order valence-electron chi connectivity index (χ1n) is 2.07. The van der Waals surface area contributed by atoms with Crippen molar-refractivity contribution in [3.8, 4) is 0 Å². The largest absolute Gasteiger partial charge is 0.474 e. The molecule has 0 rings (SSSR count). The lowest BCUT2D eigenvalue weighted by Gasteiger charge is -1.82. The Morgan fingerprint density at radius 3 is 1.40 bits per heavy atom. The molecule has 0 aliphatic carbocycles. The summed E-state index contributed by atoms with van der Waals surface area (Å²) in [5.41, 5.74) is 0. The van der Waals surface area contributed by atoms with E-state index in [1.54, 1.807) is 0 Å². The third-order valence-corrected chi connectivity index (χ3v) is 0.192. The van der Waals surface area contributed by atoms with Gasteiger partial charge in [-0.25, -0.2) is 4.57 Å². The van der Waals surface area contributed by atoms with E-state index in [1.807, 2.05) is 0 Å². The fourth-order valence-corrected chi connectivity index (χ4v) is 0.0680. The van der Waals surface area contributed by atoms with E-state index in [0.717, 1.165) is 0 Å². The summed E-state index contributed by atoms with van der Waals surface area (Å²) in [6.45, 7) is 6.51. The highest BCUT2D eigenvalue weighted by Crippen LogP contribution is 2.25. The first-order chi connectivity index (χ1) is 4.41. The van der Waals surface area contributed by atoms with Gasteiger partial charge in [0.2, 0.25) is 0 Å². The molecule has 0 fully saturated rings.